The largest absolute Gasteiger partial charge is 0.379 e. The molecule has 0 fully saturated rings. The van der Waals surface area contributed by atoms with E-state index < -0.39 is 14.9 Å². The minimum atomic E-state index is -3.62. The van der Waals surface area contributed by atoms with E-state index in [0.717, 1.165) is 6.42 Å². The fourth-order valence-corrected chi connectivity index (χ4v) is 3.14. The molecule has 118 valence electrons. The summed E-state index contributed by atoms with van der Waals surface area (Å²) in [6, 6.07) is 3.83. The molecule has 0 amide bonds. The van der Waals surface area contributed by atoms with Gasteiger partial charge in [-0.05, 0) is 25.0 Å². The highest BCUT2D eigenvalue weighted by atomic mass is 32.2. The van der Waals surface area contributed by atoms with Gasteiger partial charge < -0.3 is 5.32 Å². The molecule has 0 heterocycles. The topological polar surface area (TPSA) is 92.6 Å². The average Bonchev–Trinajstić information content (AvgIpc) is 2.44. The van der Waals surface area contributed by atoms with Crippen LogP contribution < -0.4 is 5.32 Å². The molecule has 0 bridgehead atoms. The highest BCUT2D eigenvalue weighted by Crippen LogP contribution is 2.28. The zero-order valence-corrected chi connectivity index (χ0v) is 13.3. The van der Waals surface area contributed by atoms with Gasteiger partial charge in [-0.3, -0.25) is 10.1 Å². The van der Waals surface area contributed by atoms with E-state index in [1.54, 1.807) is 0 Å². The van der Waals surface area contributed by atoms with E-state index in [9.17, 15) is 18.5 Å². The maximum atomic E-state index is 12.4. The number of nitrogens with zero attached hydrogens (tertiary/aromatic N) is 2. The van der Waals surface area contributed by atoms with Crippen molar-refractivity contribution >= 4 is 21.4 Å². The minimum absolute atomic E-state index is 0.0580. The Morgan fingerprint density at radius 1 is 1.29 bits per heavy atom. The van der Waals surface area contributed by atoms with Gasteiger partial charge in [-0.15, -0.1) is 0 Å². The van der Waals surface area contributed by atoms with Crippen molar-refractivity contribution in [1.29, 1.82) is 0 Å². The molecule has 0 atom stereocenters. The monoisotopic (exact) mass is 315 g/mol. The number of hydrogen-bond donors (Lipinski definition) is 1. The lowest BCUT2D eigenvalue weighted by molar-refractivity contribution is -0.384. The fourth-order valence-electron chi connectivity index (χ4n) is 1.85. The Bertz CT molecular complexity index is 601. The molecule has 1 aromatic carbocycles. The van der Waals surface area contributed by atoms with E-state index in [1.165, 1.54) is 29.6 Å². The van der Waals surface area contributed by atoms with Crippen LogP contribution in [-0.4, -0.2) is 37.8 Å². The standard InChI is InChI=1S/C13H21N3O4S/c1-4-8-14-12-10-11(6-7-13(12)16(17)18)21(19,20)15(3)9-5-2/h6-7,10,14H,4-5,8-9H2,1-3H3. The summed E-state index contributed by atoms with van der Waals surface area (Å²) in [5.74, 6) is 0. The van der Waals surface area contributed by atoms with Crippen molar-refractivity contribution in [3.8, 4) is 0 Å². The molecular formula is C13H21N3O4S. The van der Waals surface area contributed by atoms with Gasteiger partial charge in [0.1, 0.15) is 5.69 Å². The second kappa shape index (κ2) is 7.37. The molecule has 8 heteroatoms. The molecule has 1 rings (SSSR count). The molecule has 0 aromatic heterocycles. The van der Waals surface area contributed by atoms with Crippen molar-refractivity contribution in [1.82, 2.24) is 4.31 Å². The Morgan fingerprint density at radius 3 is 2.48 bits per heavy atom. The van der Waals surface area contributed by atoms with Gasteiger partial charge in [0.15, 0.2) is 0 Å². The first-order valence-corrected chi connectivity index (χ1v) is 8.27. The first-order chi connectivity index (χ1) is 9.84. The molecule has 21 heavy (non-hydrogen) atoms. The lowest BCUT2D eigenvalue weighted by atomic mass is 10.2. The summed E-state index contributed by atoms with van der Waals surface area (Å²) in [6.07, 6.45) is 1.48. The van der Waals surface area contributed by atoms with E-state index in [-0.39, 0.29) is 16.3 Å². The van der Waals surface area contributed by atoms with Gasteiger partial charge in [0.25, 0.3) is 5.69 Å². The van der Waals surface area contributed by atoms with Gasteiger partial charge >= 0.3 is 0 Å². The summed E-state index contributed by atoms with van der Waals surface area (Å²) in [5, 5.41) is 13.9. The molecule has 1 N–H and O–H groups in total. The number of hydrogen-bond acceptors (Lipinski definition) is 5. The van der Waals surface area contributed by atoms with Crippen LogP contribution in [0, 0.1) is 10.1 Å². The Balaban J connectivity index is 3.23. The van der Waals surface area contributed by atoms with Crippen LogP contribution in [0.25, 0.3) is 0 Å². The predicted molar refractivity (Wildman–Crippen MR) is 82.0 cm³/mol. The highest BCUT2D eigenvalue weighted by molar-refractivity contribution is 7.89. The summed E-state index contributed by atoms with van der Waals surface area (Å²) in [6.45, 7) is 4.75. The van der Waals surface area contributed by atoms with E-state index >= 15 is 0 Å². The van der Waals surface area contributed by atoms with Crippen LogP contribution in [0.1, 0.15) is 26.7 Å². The Labute approximate surface area is 125 Å². The lowest BCUT2D eigenvalue weighted by Crippen LogP contribution is -2.27. The number of nitro groups is 1. The minimum Gasteiger partial charge on any atom is -0.379 e. The van der Waals surface area contributed by atoms with Crippen LogP contribution in [0.15, 0.2) is 23.1 Å². The third-order valence-corrected chi connectivity index (χ3v) is 4.83. The Morgan fingerprint density at radius 2 is 1.95 bits per heavy atom. The fraction of sp³-hybridized carbons (Fsp3) is 0.538. The first-order valence-electron chi connectivity index (χ1n) is 6.83. The van der Waals surface area contributed by atoms with Crippen molar-refractivity contribution in [2.75, 3.05) is 25.5 Å². The van der Waals surface area contributed by atoms with Gasteiger partial charge in [0.05, 0.1) is 9.82 Å². The van der Waals surface area contributed by atoms with Crippen LogP contribution in [0.3, 0.4) is 0 Å². The summed E-state index contributed by atoms with van der Waals surface area (Å²) in [5.41, 5.74) is 0.105. The van der Waals surface area contributed by atoms with Crippen LogP contribution in [0.4, 0.5) is 11.4 Å². The molecule has 0 spiro atoms. The van der Waals surface area contributed by atoms with E-state index in [0.29, 0.717) is 19.5 Å². The van der Waals surface area contributed by atoms with Crippen molar-refractivity contribution in [3.63, 3.8) is 0 Å². The maximum Gasteiger partial charge on any atom is 0.292 e. The molecule has 0 unspecified atom stereocenters. The van der Waals surface area contributed by atoms with Crippen LogP contribution in [0.2, 0.25) is 0 Å². The summed E-state index contributed by atoms with van der Waals surface area (Å²) >= 11 is 0. The third kappa shape index (κ3) is 4.15. The van der Waals surface area contributed by atoms with E-state index in [4.69, 9.17) is 0 Å². The molecule has 0 aliphatic heterocycles. The SMILES string of the molecule is CCCNc1cc(S(=O)(=O)N(C)CCC)ccc1[N+](=O)[O-]. The lowest BCUT2D eigenvalue weighted by Gasteiger charge is -2.17. The van der Waals surface area contributed by atoms with Crippen LogP contribution in [-0.2, 0) is 10.0 Å². The summed E-state index contributed by atoms with van der Waals surface area (Å²) < 4.78 is 26.0. The molecule has 0 aliphatic carbocycles. The van der Waals surface area contributed by atoms with E-state index in [1.807, 2.05) is 13.8 Å². The van der Waals surface area contributed by atoms with Gasteiger partial charge in [-0.1, -0.05) is 13.8 Å². The Hall–Kier alpha value is -1.67. The number of nitro benzene ring substituents is 1. The Kier molecular flexibility index (Phi) is 6.10. The van der Waals surface area contributed by atoms with Gasteiger partial charge in [-0.2, -0.15) is 0 Å². The highest BCUT2D eigenvalue weighted by Gasteiger charge is 2.23. The second-order valence-corrected chi connectivity index (χ2v) is 6.73. The molecule has 0 saturated heterocycles. The molecule has 7 nitrogen and oxygen atoms in total. The molecule has 0 radical (unpaired) electrons. The normalized spacial score (nSPS) is 11.6. The predicted octanol–water partition coefficient (Wildman–Crippen LogP) is 2.45. The van der Waals surface area contributed by atoms with Gasteiger partial charge in [0.2, 0.25) is 10.0 Å². The van der Waals surface area contributed by atoms with Crippen LogP contribution in [0.5, 0.6) is 0 Å². The summed E-state index contributed by atoms with van der Waals surface area (Å²) in [7, 11) is -2.12. The quantitative estimate of drug-likeness (QED) is 0.587. The average molecular weight is 315 g/mol. The number of rotatable bonds is 8. The molecule has 1 aromatic rings. The first kappa shape index (κ1) is 17.4. The van der Waals surface area contributed by atoms with Crippen molar-refractivity contribution in [2.24, 2.45) is 0 Å². The van der Waals surface area contributed by atoms with Gasteiger partial charge in [-0.25, -0.2) is 12.7 Å². The third-order valence-electron chi connectivity index (χ3n) is 2.98. The maximum absolute atomic E-state index is 12.4. The summed E-state index contributed by atoms with van der Waals surface area (Å²) in [4.78, 5) is 10.5. The number of nitrogens with one attached hydrogen (secondary N) is 1. The molecule has 0 aliphatic rings. The van der Waals surface area contributed by atoms with Crippen LogP contribution >= 0.6 is 0 Å². The van der Waals surface area contributed by atoms with E-state index in [2.05, 4.69) is 5.32 Å². The number of sulfonamides is 1. The zero-order chi connectivity index (χ0) is 16.0. The molecule has 0 saturated carbocycles. The second-order valence-electron chi connectivity index (χ2n) is 4.69. The van der Waals surface area contributed by atoms with Gasteiger partial charge in [0, 0.05) is 26.2 Å². The molecular weight excluding hydrogens is 294 g/mol. The van der Waals surface area contributed by atoms with Crippen molar-refractivity contribution < 1.29 is 13.3 Å². The smallest absolute Gasteiger partial charge is 0.292 e. The van der Waals surface area contributed by atoms with Crippen molar-refractivity contribution in [2.45, 2.75) is 31.6 Å². The number of benzene rings is 1. The number of anilines is 1. The van der Waals surface area contributed by atoms with Crippen molar-refractivity contribution in [3.05, 3.63) is 28.3 Å². The zero-order valence-electron chi connectivity index (χ0n) is 12.5.